The van der Waals surface area contributed by atoms with Crippen LogP contribution in [0.4, 0.5) is 0 Å². The summed E-state index contributed by atoms with van der Waals surface area (Å²) in [7, 11) is 0. The van der Waals surface area contributed by atoms with Gasteiger partial charge in [0.1, 0.15) is 0 Å². The molecule has 0 radical (unpaired) electrons. The monoisotopic (exact) mass is 314 g/mol. The Balaban J connectivity index is 2.88. The number of halogens is 1. The minimum absolute atomic E-state index is 0.481. The first kappa shape index (κ1) is 15.4. The maximum absolute atomic E-state index is 5.78. The van der Waals surface area contributed by atoms with Crippen LogP contribution in [0, 0.1) is 0 Å². The minimum Gasteiger partial charge on any atom is -0.490 e. The lowest BCUT2D eigenvalue weighted by atomic mass is 10.0. The van der Waals surface area contributed by atoms with Gasteiger partial charge in [-0.3, -0.25) is 0 Å². The van der Waals surface area contributed by atoms with Crippen molar-refractivity contribution in [3.05, 3.63) is 23.8 Å². The molecule has 0 saturated carbocycles. The second kappa shape index (κ2) is 8.41. The molecule has 0 aliphatic carbocycles. The molecule has 0 bridgehead atoms. The summed E-state index contributed by atoms with van der Waals surface area (Å²) in [6, 6.07) is 6.25. The van der Waals surface area contributed by atoms with Gasteiger partial charge in [0.25, 0.3) is 0 Å². The van der Waals surface area contributed by atoms with Crippen LogP contribution in [0.5, 0.6) is 11.5 Å². The molecule has 0 fully saturated rings. The maximum Gasteiger partial charge on any atom is 0.161 e. The normalized spacial score (nSPS) is 12.2. The summed E-state index contributed by atoms with van der Waals surface area (Å²) < 4.78 is 11.5. The first-order valence-corrected chi connectivity index (χ1v) is 7.80. The number of benzene rings is 1. The highest BCUT2D eigenvalue weighted by Gasteiger charge is 2.10. The fourth-order valence-corrected chi connectivity index (χ4v) is 1.95. The number of ether oxygens (including phenoxy) is 2. The van der Waals surface area contributed by atoms with Gasteiger partial charge >= 0.3 is 0 Å². The van der Waals surface area contributed by atoms with E-state index in [1.807, 2.05) is 6.07 Å². The molecular weight excluding hydrogens is 292 g/mol. The molecule has 0 aliphatic rings. The van der Waals surface area contributed by atoms with Crippen LogP contribution in [0.15, 0.2) is 18.2 Å². The zero-order valence-electron chi connectivity index (χ0n) is 11.5. The third-order valence-corrected chi connectivity index (χ3v) is 3.66. The van der Waals surface area contributed by atoms with E-state index < -0.39 is 0 Å². The van der Waals surface area contributed by atoms with Crippen LogP contribution in [0.25, 0.3) is 0 Å². The van der Waals surface area contributed by atoms with E-state index >= 15 is 0 Å². The third kappa shape index (κ3) is 4.52. The van der Waals surface area contributed by atoms with Crippen LogP contribution in [-0.4, -0.2) is 18.5 Å². The molecule has 2 nitrogen and oxygen atoms in total. The highest BCUT2D eigenvalue weighted by molar-refractivity contribution is 9.09. The standard InChI is InChI=1S/C15H23BrO2/c1-4-8-17-14-7-6-13(12(3)11-16)10-15(14)18-9-5-2/h6-7,10,12H,4-5,8-9,11H2,1-3H3. The minimum atomic E-state index is 0.481. The van der Waals surface area contributed by atoms with Crippen molar-refractivity contribution in [3.63, 3.8) is 0 Å². The third-order valence-electron chi connectivity index (χ3n) is 2.69. The first-order chi connectivity index (χ1) is 8.72. The lowest BCUT2D eigenvalue weighted by Gasteiger charge is -2.15. The zero-order chi connectivity index (χ0) is 13.4. The molecular formula is C15H23BrO2. The van der Waals surface area contributed by atoms with Gasteiger partial charge in [0, 0.05) is 5.33 Å². The van der Waals surface area contributed by atoms with Crippen molar-refractivity contribution in [2.24, 2.45) is 0 Å². The van der Waals surface area contributed by atoms with Crippen LogP contribution in [-0.2, 0) is 0 Å². The molecule has 1 unspecified atom stereocenters. The van der Waals surface area contributed by atoms with Crippen LogP contribution < -0.4 is 9.47 Å². The topological polar surface area (TPSA) is 18.5 Å². The molecule has 3 heteroatoms. The molecule has 0 N–H and O–H groups in total. The van der Waals surface area contributed by atoms with Crippen molar-refractivity contribution in [2.45, 2.75) is 39.5 Å². The summed E-state index contributed by atoms with van der Waals surface area (Å²) >= 11 is 3.52. The molecule has 102 valence electrons. The van der Waals surface area contributed by atoms with E-state index in [1.165, 1.54) is 5.56 Å². The largest absolute Gasteiger partial charge is 0.490 e. The summed E-state index contributed by atoms with van der Waals surface area (Å²) in [6.45, 7) is 7.87. The lowest BCUT2D eigenvalue weighted by molar-refractivity contribution is 0.268. The van der Waals surface area contributed by atoms with Gasteiger partial charge in [0.15, 0.2) is 11.5 Å². The number of hydrogen-bond acceptors (Lipinski definition) is 2. The van der Waals surface area contributed by atoms with E-state index in [0.29, 0.717) is 5.92 Å². The van der Waals surface area contributed by atoms with E-state index in [9.17, 15) is 0 Å². The Morgan fingerprint density at radius 2 is 1.67 bits per heavy atom. The Hall–Kier alpha value is -0.700. The molecule has 1 atom stereocenters. The van der Waals surface area contributed by atoms with Gasteiger partial charge < -0.3 is 9.47 Å². The SMILES string of the molecule is CCCOc1ccc(C(C)CBr)cc1OCCC. The van der Waals surface area contributed by atoms with E-state index in [2.05, 4.69) is 48.8 Å². The number of hydrogen-bond donors (Lipinski definition) is 0. The van der Waals surface area contributed by atoms with Gasteiger partial charge in [0.05, 0.1) is 13.2 Å². The molecule has 0 heterocycles. The van der Waals surface area contributed by atoms with E-state index in [1.54, 1.807) is 0 Å². The zero-order valence-corrected chi connectivity index (χ0v) is 13.1. The lowest BCUT2D eigenvalue weighted by Crippen LogP contribution is -2.03. The maximum atomic E-state index is 5.78. The Kier molecular flexibility index (Phi) is 7.18. The van der Waals surface area contributed by atoms with Gasteiger partial charge in [-0.2, -0.15) is 0 Å². The van der Waals surface area contributed by atoms with Crippen LogP contribution in [0.3, 0.4) is 0 Å². The summed E-state index contributed by atoms with van der Waals surface area (Å²) in [4.78, 5) is 0. The highest BCUT2D eigenvalue weighted by atomic mass is 79.9. The summed E-state index contributed by atoms with van der Waals surface area (Å²) in [5, 5.41) is 0.954. The van der Waals surface area contributed by atoms with Gasteiger partial charge in [-0.15, -0.1) is 0 Å². The van der Waals surface area contributed by atoms with Gasteiger partial charge in [-0.1, -0.05) is 42.8 Å². The fraction of sp³-hybridized carbons (Fsp3) is 0.600. The molecule has 0 amide bonds. The predicted octanol–water partition coefficient (Wildman–Crippen LogP) is 4.76. The summed E-state index contributed by atoms with van der Waals surface area (Å²) in [6.07, 6.45) is 2.01. The van der Waals surface area contributed by atoms with Crippen LogP contribution >= 0.6 is 15.9 Å². The molecule has 0 saturated heterocycles. The van der Waals surface area contributed by atoms with E-state index in [-0.39, 0.29) is 0 Å². The number of rotatable bonds is 8. The van der Waals surface area contributed by atoms with Crippen molar-refractivity contribution < 1.29 is 9.47 Å². The first-order valence-electron chi connectivity index (χ1n) is 6.68. The average Bonchev–Trinajstić information content (AvgIpc) is 2.42. The quantitative estimate of drug-likeness (QED) is 0.644. The Bertz CT molecular complexity index is 352. The molecule has 18 heavy (non-hydrogen) atoms. The van der Waals surface area contributed by atoms with Gasteiger partial charge in [-0.05, 0) is 36.5 Å². The number of alkyl halides is 1. The van der Waals surface area contributed by atoms with Crippen LogP contribution in [0.2, 0.25) is 0 Å². The van der Waals surface area contributed by atoms with Crippen LogP contribution in [0.1, 0.15) is 45.1 Å². The highest BCUT2D eigenvalue weighted by Crippen LogP contribution is 2.32. The van der Waals surface area contributed by atoms with Gasteiger partial charge in [-0.25, -0.2) is 0 Å². The van der Waals surface area contributed by atoms with Crippen molar-refractivity contribution in [1.29, 1.82) is 0 Å². The van der Waals surface area contributed by atoms with Crippen molar-refractivity contribution in [1.82, 2.24) is 0 Å². The second-order valence-corrected chi connectivity index (χ2v) is 5.11. The van der Waals surface area contributed by atoms with Crippen molar-refractivity contribution in [3.8, 4) is 11.5 Å². The fourth-order valence-electron chi connectivity index (χ4n) is 1.58. The molecule has 0 spiro atoms. The summed E-state index contributed by atoms with van der Waals surface area (Å²) in [5.41, 5.74) is 1.28. The average molecular weight is 315 g/mol. The Morgan fingerprint density at radius 1 is 1.06 bits per heavy atom. The Morgan fingerprint density at radius 3 is 2.22 bits per heavy atom. The van der Waals surface area contributed by atoms with Gasteiger partial charge in [0.2, 0.25) is 0 Å². The Labute approximate surface area is 119 Å². The van der Waals surface area contributed by atoms with Crippen molar-refractivity contribution in [2.75, 3.05) is 18.5 Å². The van der Waals surface area contributed by atoms with E-state index in [4.69, 9.17) is 9.47 Å². The smallest absolute Gasteiger partial charge is 0.161 e. The summed E-state index contributed by atoms with van der Waals surface area (Å²) in [5.74, 6) is 2.21. The molecule has 1 aromatic rings. The molecule has 0 aliphatic heterocycles. The molecule has 0 aromatic heterocycles. The predicted molar refractivity (Wildman–Crippen MR) is 80.2 cm³/mol. The van der Waals surface area contributed by atoms with Crippen molar-refractivity contribution >= 4 is 15.9 Å². The second-order valence-electron chi connectivity index (χ2n) is 4.46. The van der Waals surface area contributed by atoms with E-state index in [0.717, 1.165) is 42.9 Å². The molecule has 1 rings (SSSR count). The molecule has 1 aromatic carbocycles.